The van der Waals surface area contributed by atoms with Crippen LogP contribution in [0.1, 0.15) is 29.6 Å². The minimum Gasteiger partial charge on any atom is -0.489 e. The highest BCUT2D eigenvalue weighted by molar-refractivity contribution is 6.32. The van der Waals surface area contributed by atoms with Gasteiger partial charge in [0.2, 0.25) is 5.91 Å². The van der Waals surface area contributed by atoms with Crippen molar-refractivity contribution in [2.75, 3.05) is 26.3 Å². The summed E-state index contributed by atoms with van der Waals surface area (Å²) in [4.78, 5) is 23.7. The Morgan fingerprint density at radius 2 is 1.87 bits per heavy atom. The van der Waals surface area contributed by atoms with Crippen molar-refractivity contribution in [2.45, 2.75) is 19.3 Å². The van der Waals surface area contributed by atoms with Crippen LogP contribution in [0.3, 0.4) is 0 Å². The van der Waals surface area contributed by atoms with Crippen LogP contribution >= 0.6 is 11.6 Å². The van der Waals surface area contributed by atoms with Crippen LogP contribution in [-0.4, -0.2) is 38.1 Å². The summed E-state index contributed by atoms with van der Waals surface area (Å²) >= 11 is 6.17. The van der Waals surface area contributed by atoms with Crippen LogP contribution in [0.25, 0.3) is 0 Å². The summed E-state index contributed by atoms with van der Waals surface area (Å²) in [5.74, 6) is 0.951. The highest BCUT2D eigenvalue weighted by atomic mass is 35.5. The third-order valence-electron chi connectivity index (χ3n) is 3.72. The first-order valence-corrected chi connectivity index (χ1v) is 8.18. The lowest BCUT2D eigenvalue weighted by atomic mass is 10.2. The Balaban J connectivity index is 1.55. The first-order valence-electron chi connectivity index (χ1n) is 7.80. The Kier molecular flexibility index (Phi) is 4.91. The van der Waals surface area contributed by atoms with E-state index >= 15 is 0 Å². The van der Waals surface area contributed by atoms with Gasteiger partial charge in [-0.25, -0.2) is 0 Å². The zero-order valence-corrected chi connectivity index (χ0v) is 13.4. The molecule has 7 heteroatoms. The molecule has 1 aliphatic heterocycles. The number of hydrogen-bond acceptors (Lipinski definition) is 4. The van der Waals surface area contributed by atoms with Crippen molar-refractivity contribution in [3.63, 3.8) is 0 Å². The monoisotopic (exact) mass is 338 g/mol. The summed E-state index contributed by atoms with van der Waals surface area (Å²) in [7, 11) is 0. The van der Waals surface area contributed by atoms with Crippen molar-refractivity contribution in [2.24, 2.45) is 5.92 Å². The maximum atomic E-state index is 12.2. The Morgan fingerprint density at radius 1 is 1.13 bits per heavy atom. The van der Waals surface area contributed by atoms with E-state index in [0.717, 1.165) is 19.3 Å². The van der Waals surface area contributed by atoms with Gasteiger partial charge >= 0.3 is 0 Å². The van der Waals surface area contributed by atoms with Gasteiger partial charge in [0.25, 0.3) is 5.91 Å². The minimum atomic E-state index is -0.261. The molecule has 0 atom stereocenters. The van der Waals surface area contributed by atoms with Crippen molar-refractivity contribution in [3.05, 3.63) is 22.7 Å². The van der Waals surface area contributed by atoms with Crippen molar-refractivity contribution < 1.29 is 19.1 Å². The molecule has 2 aliphatic rings. The quantitative estimate of drug-likeness (QED) is 0.802. The molecule has 2 N–H and O–H groups in total. The van der Waals surface area contributed by atoms with Crippen LogP contribution < -0.4 is 20.1 Å². The van der Waals surface area contributed by atoms with E-state index < -0.39 is 0 Å². The predicted octanol–water partition coefficient (Wildman–Crippen LogP) is 1.76. The van der Waals surface area contributed by atoms with E-state index in [-0.39, 0.29) is 17.7 Å². The van der Waals surface area contributed by atoms with Gasteiger partial charge in [0.05, 0.1) is 18.2 Å². The van der Waals surface area contributed by atoms with Crippen LogP contribution in [0.4, 0.5) is 0 Å². The zero-order valence-electron chi connectivity index (χ0n) is 12.7. The zero-order chi connectivity index (χ0) is 16.2. The molecule has 6 nitrogen and oxygen atoms in total. The van der Waals surface area contributed by atoms with Gasteiger partial charge in [-0.15, -0.1) is 0 Å². The average molecular weight is 339 g/mol. The maximum absolute atomic E-state index is 12.2. The second kappa shape index (κ2) is 7.08. The fraction of sp³-hybridized carbons (Fsp3) is 0.500. The second-order valence-corrected chi connectivity index (χ2v) is 6.06. The Hall–Kier alpha value is -1.95. The van der Waals surface area contributed by atoms with Crippen LogP contribution in [0.5, 0.6) is 11.5 Å². The molecule has 1 heterocycles. The summed E-state index contributed by atoms with van der Waals surface area (Å²) in [6, 6.07) is 3.19. The largest absolute Gasteiger partial charge is 0.489 e. The molecule has 1 aliphatic carbocycles. The van der Waals surface area contributed by atoms with Gasteiger partial charge in [-0.2, -0.15) is 0 Å². The Labute approximate surface area is 139 Å². The van der Waals surface area contributed by atoms with Crippen molar-refractivity contribution >= 4 is 23.4 Å². The molecule has 124 valence electrons. The lowest BCUT2D eigenvalue weighted by Gasteiger charge is -2.12. The standard InChI is InChI=1S/C16H19ClN2O4/c17-12-8-11(9-13-14(12)23-7-1-6-22-13)16(21)19-5-4-18-15(20)10-2-3-10/h8-10H,1-7H2,(H,18,20)(H,19,21). The first kappa shape index (κ1) is 15.9. The number of amides is 2. The summed E-state index contributed by atoms with van der Waals surface area (Å²) in [6.07, 6.45) is 2.70. The SMILES string of the molecule is O=C(NCCNC(=O)C1CC1)c1cc(Cl)c2c(c1)OCCCO2. The number of rotatable bonds is 5. The molecule has 0 bridgehead atoms. The molecule has 1 aromatic rings. The van der Waals surface area contributed by atoms with E-state index in [2.05, 4.69) is 10.6 Å². The van der Waals surface area contributed by atoms with Crippen LogP contribution in [0, 0.1) is 5.92 Å². The fourth-order valence-electron chi connectivity index (χ4n) is 2.32. The molecule has 0 aromatic heterocycles. The van der Waals surface area contributed by atoms with E-state index in [9.17, 15) is 9.59 Å². The molecule has 1 saturated carbocycles. The van der Waals surface area contributed by atoms with E-state index in [0.29, 0.717) is 48.4 Å². The smallest absolute Gasteiger partial charge is 0.251 e. The van der Waals surface area contributed by atoms with Crippen molar-refractivity contribution in [3.8, 4) is 11.5 Å². The molecule has 1 aromatic carbocycles. The van der Waals surface area contributed by atoms with Crippen molar-refractivity contribution in [1.29, 1.82) is 0 Å². The summed E-state index contributed by atoms with van der Waals surface area (Å²) in [5.41, 5.74) is 0.410. The average Bonchev–Trinajstić information content (AvgIpc) is 3.37. The summed E-state index contributed by atoms with van der Waals surface area (Å²) in [6.45, 7) is 1.85. The highest BCUT2D eigenvalue weighted by Gasteiger charge is 2.29. The number of ether oxygens (including phenoxy) is 2. The van der Waals surface area contributed by atoms with Crippen molar-refractivity contribution in [1.82, 2.24) is 10.6 Å². The molecule has 1 fully saturated rings. The van der Waals surface area contributed by atoms with Crippen LogP contribution in [0.2, 0.25) is 5.02 Å². The van der Waals surface area contributed by atoms with Gasteiger partial charge in [-0.3, -0.25) is 9.59 Å². The molecular formula is C16H19ClN2O4. The molecule has 23 heavy (non-hydrogen) atoms. The van der Waals surface area contributed by atoms with Gasteiger partial charge in [-0.1, -0.05) is 11.6 Å². The number of fused-ring (bicyclic) bond motifs is 1. The number of hydrogen-bond donors (Lipinski definition) is 2. The predicted molar refractivity (Wildman–Crippen MR) is 85.1 cm³/mol. The molecule has 0 saturated heterocycles. The van der Waals surface area contributed by atoms with E-state index in [4.69, 9.17) is 21.1 Å². The first-order chi connectivity index (χ1) is 11.1. The van der Waals surface area contributed by atoms with E-state index in [1.807, 2.05) is 0 Å². The molecule has 3 rings (SSSR count). The second-order valence-electron chi connectivity index (χ2n) is 5.66. The number of nitrogens with one attached hydrogen (secondary N) is 2. The van der Waals surface area contributed by atoms with E-state index in [1.54, 1.807) is 12.1 Å². The molecule has 2 amide bonds. The van der Waals surface area contributed by atoms with Crippen LogP contribution in [-0.2, 0) is 4.79 Å². The number of halogens is 1. The number of carbonyl (C=O) groups excluding carboxylic acids is 2. The Morgan fingerprint density at radius 3 is 2.65 bits per heavy atom. The third kappa shape index (κ3) is 4.07. The lowest BCUT2D eigenvalue weighted by Crippen LogP contribution is -2.35. The molecule has 0 radical (unpaired) electrons. The van der Waals surface area contributed by atoms with Gasteiger partial charge in [-0.05, 0) is 25.0 Å². The van der Waals surface area contributed by atoms with Crippen LogP contribution in [0.15, 0.2) is 12.1 Å². The van der Waals surface area contributed by atoms with Gasteiger partial charge < -0.3 is 20.1 Å². The van der Waals surface area contributed by atoms with Gasteiger partial charge in [0.15, 0.2) is 11.5 Å². The number of carbonyl (C=O) groups is 2. The molecular weight excluding hydrogens is 320 g/mol. The highest BCUT2D eigenvalue weighted by Crippen LogP contribution is 2.37. The van der Waals surface area contributed by atoms with E-state index in [1.165, 1.54) is 0 Å². The Bertz CT molecular complexity index is 616. The summed E-state index contributed by atoms with van der Waals surface area (Å²) in [5, 5.41) is 5.91. The normalized spacial score (nSPS) is 16.4. The topological polar surface area (TPSA) is 76.7 Å². The molecule has 0 spiro atoms. The third-order valence-corrected chi connectivity index (χ3v) is 4.00. The lowest BCUT2D eigenvalue weighted by molar-refractivity contribution is -0.122. The minimum absolute atomic E-state index is 0.0675. The van der Waals surface area contributed by atoms with Gasteiger partial charge in [0, 0.05) is 31.0 Å². The molecule has 0 unspecified atom stereocenters. The summed E-state index contributed by atoms with van der Waals surface area (Å²) < 4.78 is 11.1. The fourth-order valence-corrected chi connectivity index (χ4v) is 2.58. The maximum Gasteiger partial charge on any atom is 0.251 e. The number of benzene rings is 1. The van der Waals surface area contributed by atoms with Gasteiger partial charge in [0.1, 0.15) is 0 Å².